The van der Waals surface area contributed by atoms with Gasteiger partial charge in [-0.3, -0.25) is 14.3 Å². The van der Waals surface area contributed by atoms with E-state index in [9.17, 15) is 14.7 Å². The summed E-state index contributed by atoms with van der Waals surface area (Å²) in [6.07, 6.45) is 4.60. The molecule has 1 aliphatic heterocycles. The third-order valence-electron chi connectivity index (χ3n) is 7.84. The number of allylic oxidation sites excluding steroid dienone is 3. The minimum absolute atomic E-state index is 0.122. The fraction of sp³-hybridized carbons (Fsp3) is 0.371. The number of ether oxygens (including phenoxy) is 6. The molecule has 11 heteroatoms. The summed E-state index contributed by atoms with van der Waals surface area (Å²) in [4.78, 5) is 27.3. The van der Waals surface area contributed by atoms with Crippen LogP contribution in [0.4, 0.5) is 0 Å². The molecule has 2 unspecified atom stereocenters. The summed E-state index contributed by atoms with van der Waals surface area (Å²) in [5, 5.41) is 11.6. The Morgan fingerprint density at radius 1 is 1.02 bits per heavy atom. The number of aryl methyl sites for hydroxylation is 1. The standard InChI is InChI=1S/C35H42N2O9/c1-7-9-24(10-8-2)35(25-11-15-27(42-5)16-12-25,26-13-17-28(43-6)18-14-26)45-22-29-30(38)31(44-20-19-41-4)33(46-29)37-21-23(3)32(39)36-34(37)40/h7-18,21,29-31,33,38H,1,19-20,22H2,2-6H3,(H,36,39,40)/b10-8-,24-9+/t29-,30?,31?,33-/m1/s1. The average molecular weight is 635 g/mol. The lowest BCUT2D eigenvalue weighted by Crippen LogP contribution is -2.41. The van der Waals surface area contributed by atoms with E-state index in [0.717, 1.165) is 16.7 Å². The molecule has 11 nitrogen and oxygen atoms in total. The van der Waals surface area contributed by atoms with Crippen LogP contribution in [0, 0.1) is 6.92 Å². The molecule has 0 aliphatic carbocycles. The molecule has 0 radical (unpaired) electrons. The highest BCUT2D eigenvalue weighted by Gasteiger charge is 2.48. The molecule has 4 rings (SSSR count). The van der Waals surface area contributed by atoms with E-state index < -0.39 is 41.4 Å². The second-order valence-corrected chi connectivity index (χ2v) is 10.7. The van der Waals surface area contributed by atoms with E-state index in [0.29, 0.717) is 17.1 Å². The van der Waals surface area contributed by atoms with Crippen LogP contribution in [0.3, 0.4) is 0 Å². The molecule has 3 aromatic rings. The zero-order chi connectivity index (χ0) is 33.3. The Morgan fingerprint density at radius 2 is 1.63 bits per heavy atom. The third kappa shape index (κ3) is 7.24. The van der Waals surface area contributed by atoms with Crippen LogP contribution in [0.15, 0.2) is 101 Å². The fourth-order valence-electron chi connectivity index (χ4n) is 5.51. The molecule has 0 amide bonds. The monoisotopic (exact) mass is 634 g/mol. The van der Waals surface area contributed by atoms with Gasteiger partial charge in [0.1, 0.15) is 35.4 Å². The third-order valence-corrected chi connectivity index (χ3v) is 7.84. The van der Waals surface area contributed by atoms with Gasteiger partial charge in [0.2, 0.25) is 0 Å². The lowest BCUT2D eigenvalue weighted by Gasteiger charge is -2.38. The van der Waals surface area contributed by atoms with Crippen LogP contribution in [0.25, 0.3) is 0 Å². The van der Waals surface area contributed by atoms with E-state index in [1.165, 1.54) is 17.9 Å². The number of rotatable bonds is 15. The van der Waals surface area contributed by atoms with Gasteiger partial charge >= 0.3 is 5.69 Å². The van der Waals surface area contributed by atoms with Crippen molar-refractivity contribution in [3.63, 3.8) is 0 Å². The number of nitrogens with zero attached hydrogens (tertiary/aromatic N) is 1. The first-order chi connectivity index (χ1) is 22.2. The molecule has 246 valence electrons. The van der Waals surface area contributed by atoms with Gasteiger partial charge in [0, 0.05) is 18.9 Å². The number of methoxy groups -OCH3 is 3. The first kappa shape index (κ1) is 34.6. The van der Waals surface area contributed by atoms with Crippen molar-refractivity contribution in [2.24, 2.45) is 0 Å². The second-order valence-electron chi connectivity index (χ2n) is 10.7. The summed E-state index contributed by atoms with van der Waals surface area (Å²) >= 11 is 0. The summed E-state index contributed by atoms with van der Waals surface area (Å²) in [5.41, 5.74) is 0.179. The van der Waals surface area contributed by atoms with Gasteiger partial charge in [-0.2, -0.15) is 0 Å². The van der Waals surface area contributed by atoms with E-state index in [1.54, 1.807) is 27.2 Å². The predicted molar refractivity (Wildman–Crippen MR) is 173 cm³/mol. The molecule has 1 saturated heterocycles. The first-order valence-electron chi connectivity index (χ1n) is 14.9. The molecule has 0 saturated carbocycles. The van der Waals surface area contributed by atoms with E-state index in [2.05, 4.69) is 11.6 Å². The maximum atomic E-state index is 12.9. The minimum Gasteiger partial charge on any atom is -0.497 e. The number of hydrogen-bond donors (Lipinski definition) is 2. The maximum Gasteiger partial charge on any atom is 0.330 e. The van der Waals surface area contributed by atoms with Gasteiger partial charge in [0.05, 0.1) is 34.0 Å². The van der Waals surface area contributed by atoms with Gasteiger partial charge in [-0.25, -0.2) is 4.79 Å². The van der Waals surface area contributed by atoms with Crippen LogP contribution >= 0.6 is 0 Å². The molecule has 46 heavy (non-hydrogen) atoms. The smallest absolute Gasteiger partial charge is 0.330 e. The van der Waals surface area contributed by atoms with Crippen molar-refractivity contribution in [3.8, 4) is 11.5 Å². The number of hydrogen-bond acceptors (Lipinski definition) is 9. The van der Waals surface area contributed by atoms with Crippen molar-refractivity contribution in [1.29, 1.82) is 0 Å². The first-order valence-corrected chi connectivity index (χ1v) is 14.9. The molecule has 2 aromatic carbocycles. The Morgan fingerprint density at radius 3 is 2.15 bits per heavy atom. The van der Waals surface area contributed by atoms with E-state index >= 15 is 0 Å². The molecule has 2 N–H and O–H groups in total. The molecular formula is C35H42N2O9. The summed E-state index contributed by atoms with van der Waals surface area (Å²) < 4.78 is 36.5. The number of aliphatic hydroxyl groups is 1. The predicted octanol–water partition coefficient (Wildman–Crippen LogP) is 3.80. The van der Waals surface area contributed by atoms with Gasteiger partial charge < -0.3 is 33.5 Å². The van der Waals surface area contributed by atoms with E-state index in [-0.39, 0.29) is 19.8 Å². The molecular weight excluding hydrogens is 592 g/mol. The topological polar surface area (TPSA) is 130 Å². The van der Waals surface area contributed by atoms with Crippen LogP contribution in [-0.4, -0.2) is 74.1 Å². The highest BCUT2D eigenvalue weighted by molar-refractivity contribution is 5.52. The molecule has 1 aliphatic rings. The van der Waals surface area contributed by atoms with Crippen LogP contribution in [0.5, 0.6) is 11.5 Å². The van der Waals surface area contributed by atoms with E-state index in [1.807, 2.05) is 73.7 Å². The number of aliphatic hydroxyl groups excluding tert-OH is 1. The second kappa shape index (κ2) is 15.8. The van der Waals surface area contributed by atoms with Crippen molar-refractivity contribution in [1.82, 2.24) is 9.55 Å². The summed E-state index contributed by atoms with van der Waals surface area (Å²) in [5.74, 6) is 1.34. The van der Waals surface area contributed by atoms with Crippen LogP contribution in [-0.2, 0) is 24.5 Å². The fourth-order valence-corrected chi connectivity index (χ4v) is 5.51. The Labute approximate surface area is 268 Å². The normalized spacial score (nSPS) is 20.3. The average Bonchev–Trinajstić information content (AvgIpc) is 3.38. The summed E-state index contributed by atoms with van der Waals surface area (Å²) in [6, 6.07) is 15.0. The number of nitrogens with one attached hydrogen (secondary N) is 1. The quantitative estimate of drug-likeness (QED) is 0.189. The van der Waals surface area contributed by atoms with Gasteiger partial charge in [-0.15, -0.1) is 0 Å². The van der Waals surface area contributed by atoms with Crippen molar-refractivity contribution in [2.45, 2.75) is 44.0 Å². The minimum atomic E-state index is -1.22. The van der Waals surface area contributed by atoms with Crippen LogP contribution in [0.2, 0.25) is 0 Å². The highest BCUT2D eigenvalue weighted by atomic mass is 16.6. The van der Waals surface area contributed by atoms with Crippen molar-refractivity contribution in [2.75, 3.05) is 41.2 Å². The number of H-pyrrole nitrogens is 1. The Balaban J connectivity index is 1.82. The van der Waals surface area contributed by atoms with Crippen molar-refractivity contribution < 1.29 is 33.5 Å². The Bertz CT molecular complexity index is 1580. The molecule has 1 fully saturated rings. The number of benzene rings is 2. The van der Waals surface area contributed by atoms with Crippen LogP contribution in [0.1, 0.15) is 29.8 Å². The molecule has 4 atom stereocenters. The molecule has 2 heterocycles. The number of aromatic nitrogens is 2. The summed E-state index contributed by atoms with van der Waals surface area (Å²) in [7, 11) is 4.73. The lowest BCUT2D eigenvalue weighted by atomic mass is 9.79. The van der Waals surface area contributed by atoms with Gasteiger partial charge in [0.15, 0.2) is 6.23 Å². The molecule has 1 aromatic heterocycles. The summed E-state index contributed by atoms with van der Waals surface area (Å²) in [6.45, 7) is 7.70. The zero-order valence-corrected chi connectivity index (χ0v) is 26.8. The van der Waals surface area contributed by atoms with Crippen molar-refractivity contribution in [3.05, 3.63) is 129 Å². The van der Waals surface area contributed by atoms with Crippen molar-refractivity contribution >= 4 is 0 Å². The SMILES string of the molecule is C=C/C=C(\C=C/C)C(OC[C@H]1O[C@@H](n2cc(C)c(=O)[nH]c2=O)C(OCCOC)C1O)(c1ccc(OC)cc1)c1ccc(OC)cc1. The molecule has 0 bridgehead atoms. The Kier molecular flexibility index (Phi) is 11.9. The maximum absolute atomic E-state index is 12.9. The number of aromatic amines is 1. The molecule has 0 spiro atoms. The highest BCUT2D eigenvalue weighted by Crippen LogP contribution is 2.44. The van der Waals surface area contributed by atoms with Crippen LogP contribution < -0.4 is 20.7 Å². The van der Waals surface area contributed by atoms with Gasteiger partial charge in [-0.1, -0.05) is 55.1 Å². The largest absolute Gasteiger partial charge is 0.497 e. The van der Waals surface area contributed by atoms with E-state index in [4.69, 9.17) is 28.4 Å². The van der Waals surface area contributed by atoms with Gasteiger partial charge in [-0.05, 0) is 54.8 Å². The van der Waals surface area contributed by atoms with Gasteiger partial charge in [0.25, 0.3) is 5.56 Å². The zero-order valence-electron chi connectivity index (χ0n) is 26.8. The lowest BCUT2D eigenvalue weighted by molar-refractivity contribution is -0.0995. The Hall–Kier alpha value is -4.26.